The van der Waals surface area contributed by atoms with E-state index in [-0.39, 0.29) is 98.2 Å². The first-order chi connectivity index (χ1) is 36.0. The lowest BCUT2D eigenvalue weighted by molar-refractivity contribution is -0.314. The lowest BCUT2D eigenvalue weighted by Gasteiger charge is -2.61. The molecule has 0 unspecified atom stereocenters. The maximum atomic E-state index is 7.54. The third-order valence-corrected chi connectivity index (χ3v) is 20.3. The summed E-state index contributed by atoms with van der Waals surface area (Å²) < 4.78 is 0. The van der Waals surface area contributed by atoms with E-state index in [0.29, 0.717) is 11.9 Å². The van der Waals surface area contributed by atoms with Crippen molar-refractivity contribution in [2.24, 2.45) is 0 Å². The summed E-state index contributed by atoms with van der Waals surface area (Å²) >= 11 is 7.54. The molecule has 0 N–H and O–H groups in total. The van der Waals surface area contributed by atoms with E-state index < -0.39 is 0 Å². The molecule has 4 aliphatic carbocycles. The van der Waals surface area contributed by atoms with Gasteiger partial charge < -0.3 is 9.80 Å². The van der Waals surface area contributed by atoms with Gasteiger partial charge in [0.1, 0.15) is 0 Å². The second kappa shape index (κ2) is 23.0. The van der Waals surface area contributed by atoms with Gasteiger partial charge in [-0.05, 0) is 225 Å². The van der Waals surface area contributed by atoms with Crippen molar-refractivity contribution in [1.82, 2.24) is 35.2 Å². The fraction of sp³-hybridized carbons (Fsp3) is 0.952. The summed E-state index contributed by atoms with van der Waals surface area (Å²) in [6.07, 6.45) is 32.5. The van der Waals surface area contributed by atoms with Gasteiger partial charge in [0.25, 0.3) is 0 Å². The van der Waals surface area contributed by atoms with E-state index in [2.05, 4.69) is 141 Å². The summed E-state index contributed by atoms with van der Waals surface area (Å²) in [5.74, 6) is 1.41. The molecular weight excluding hydrogens is 982 g/mol. The number of rotatable bonds is 14. The average Bonchev–Trinajstić information content (AvgIpc) is 3.36. The normalized spacial score (nSPS) is 29.9. The molecule has 77 heavy (non-hydrogen) atoms. The van der Waals surface area contributed by atoms with Gasteiger partial charge in [0, 0.05) is 68.5 Å². The predicted octanol–water partition coefficient (Wildman–Crippen LogP) is 15.3. The predicted molar refractivity (Wildman–Crippen MR) is 314 cm³/mol. The first kappa shape index (κ1) is 60.2. The largest absolute Gasteiger partial charge is 0.334 e. The molecule has 8 fully saturated rings. The number of piperidine rings is 4. The summed E-state index contributed by atoms with van der Waals surface area (Å²) in [4.78, 5) is 50.6. The quantitative estimate of drug-likeness (QED) is 0.177. The second-order valence-corrected chi connectivity index (χ2v) is 31.7. The molecule has 4 saturated heterocycles. The molecule has 14 heteroatoms. The summed E-state index contributed by atoms with van der Waals surface area (Å²) in [5.41, 5.74) is -2.12. The highest BCUT2D eigenvalue weighted by Crippen LogP contribution is 2.51. The molecule has 13 nitrogen and oxygen atoms in total. The molecule has 8 aliphatic rings. The highest BCUT2D eigenvalue weighted by Gasteiger charge is 2.57. The zero-order valence-corrected chi connectivity index (χ0v) is 52.7. The van der Waals surface area contributed by atoms with Gasteiger partial charge in [0.05, 0.1) is 24.4 Å². The Morgan fingerprint density at radius 3 is 0.675 bits per heavy atom. The molecule has 0 spiro atoms. The van der Waals surface area contributed by atoms with E-state index >= 15 is 0 Å². The standard InChI is InChI=1S/C63H112ClN9O4/c1-56(2)37-45(38-57(3,4)70(56)74-49-29-21-17-22-30-49)68(46-39-58(5,6)71(59(7,8)40-46)75-50-31-23-18-24-32-50)54-65-53(64)66-55(67-54)69(47-41-60(9,10)72(61(11,12)42-47)76-51-33-25-19-26-34-51)48-43-62(13,14)73(63(15,16)44-48)77-52-35-27-20-28-36-52/h45-52H,17-44H2,1-16H3. The van der Waals surface area contributed by atoms with E-state index in [1.54, 1.807) is 0 Å². The lowest BCUT2D eigenvalue weighted by atomic mass is 9.74. The smallest absolute Gasteiger partial charge is 0.231 e. The monoisotopic (exact) mass is 1090 g/mol. The van der Waals surface area contributed by atoms with Gasteiger partial charge in [-0.2, -0.15) is 35.2 Å². The topological polar surface area (TPSA) is 95.0 Å². The minimum Gasteiger partial charge on any atom is -0.334 e. The van der Waals surface area contributed by atoms with Gasteiger partial charge in [-0.3, -0.25) is 19.4 Å². The van der Waals surface area contributed by atoms with Crippen LogP contribution >= 0.6 is 11.6 Å². The number of halogens is 1. The van der Waals surface area contributed by atoms with Crippen LogP contribution < -0.4 is 9.80 Å². The van der Waals surface area contributed by atoms with Gasteiger partial charge in [-0.1, -0.05) is 77.0 Å². The first-order valence-corrected chi connectivity index (χ1v) is 32.2. The van der Waals surface area contributed by atoms with Crippen LogP contribution in [0.2, 0.25) is 5.28 Å². The number of hydrogen-bond acceptors (Lipinski definition) is 13. The average molecular weight is 1100 g/mol. The van der Waals surface area contributed by atoms with Gasteiger partial charge in [0.15, 0.2) is 0 Å². The van der Waals surface area contributed by atoms with Gasteiger partial charge in [-0.25, -0.2) is 0 Å². The van der Waals surface area contributed by atoms with Crippen molar-refractivity contribution in [3.05, 3.63) is 5.28 Å². The van der Waals surface area contributed by atoms with E-state index in [1.165, 1.54) is 77.0 Å². The summed E-state index contributed by atoms with van der Waals surface area (Å²) in [6.45, 7) is 38.5. The maximum absolute atomic E-state index is 7.54. The highest BCUT2D eigenvalue weighted by atomic mass is 35.5. The van der Waals surface area contributed by atoms with Gasteiger partial charge in [0.2, 0.25) is 17.2 Å². The van der Waals surface area contributed by atoms with Crippen LogP contribution in [0.4, 0.5) is 11.9 Å². The van der Waals surface area contributed by atoms with Crippen molar-refractivity contribution in [2.75, 3.05) is 9.80 Å². The Kier molecular flexibility index (Phi) is 18.0. The van der Waals surface area contributed by atoms with Crippen LogP contribution in [0.5, 0.6) is 0 Å². The molecule has 0 radical (unpaired) electrons. The third kappa shape index (κ3) is 13.5. The Hall–Kier alpha value is -1.42. The van der Waals surface area contributed by atoms with E-state index in [0.717, 1.165) is 103 Å². The van der Waals surface area contributed by atoms with Crippen molar-refractivity contribution in [2.45, 2.75) is 383 Å². The van der Waals surface area contributed by atoms with Crippen LogP contribution in [-0.4, -0.2) is 128 Å². The third-order valence-electron chi connectivity index (χ3n) is 20.1. The number of aromatic nitrogens is 3. The number of nitrogens with zero attached hydrogens (tertiary/aromatic N) is 9. The van der Waals surface area contributed by atoms with Crippen LogP contribution in [0.15, 0.2) is 0 Å². The Labute approximate surface area is 474 Å². The second-order valence-electron chi connectivity index (χ2n) is 31.4. The molecule has 5 heterocycles. The number of hydroxylamine groups is 8. The summed E-state index contributed by atoms with van der Waals surface area (Å²) in [7, 11) is 0. The van der Waals surface area contributed by atoms with Crippen LogP contribution in [0.1, 0.15) is 291 Å². The van der Waals surface area contributed by atoms with E-state index in [1.807, 2.05) is 0 Å². The van der Waals surface area contributed by atoms with Crippen molar-refractivity contribution in [3.8, 4) is 0 Å². The molecule has 1 aromatic rings. The summed E-state index contributed by atoms with van der Waals surface area (Å²) in [6, 6.07) is 0.405. The Morgan fingerprint density at radius 1 is 0.312 bits per heavy atom. The highest BCUT2D eigenvalue weighted by molar-refractivity contribution is 6.28. The molecule has 0 atom stereocenters. The Balaban J connectivity index is 1.13. The lowest BCUT2D eigenvalue weighted by Crippen LogP contribution is -2.69. The fourth-order valence-electron chi connectivity index (χ4n) is 17.9. The Morgan fingerprint density at radius 2 is 0.494 bits per heavy atom. The molecular formula is C63H112ClN9O4. The molecule has 0 bridgehead atoms. The summed E-state index contributed by atoms with van der Waals surface area (Å²) in [5, 5.41) is 9.91. The van der Waals surface area contributed by atoms with Crippen molar-refractivity contribution in [3.63, 3.8) is 0 Å². The van der Waals surface area contributed by atoms with Crippen molar-refractivity contribution < 1.29 is 19.4 Å². The fourth-order valence-corrected chi connectivity index (χ4v) is 18.0. The van der Waals surface area contributed by atoms with Gasteiger partial charge >= 0.3 is 0 Å². The SMILES string of the molecule is CC1(C)CC(N(c2nc(Cl)nc(N(C3CC(C)(C)N(OC4CCCCC4)C(C)(C)C3)C3CC(C)(C)N(OC4CCCCC4)C(C)(C)C3)n2)C2CC(C)(C)N(OC3CCCCC3)C(C)(C)C2)CC(C)(C)N1OC1CCCCC1. The van der Waals surface area contributed by atoms with Crippen LogP contribution in [0.25, 0.3) is 0 Å². The molecule has 9 rings (SSSR count). The number of hydrogen-bond donors (Lipinski definition) is 0. The zero-order valence-electron chi connectivity index (χ0n) is 52.0. The van der Waals surface area contributed by atoms with Crippen LogP contribution in [0.3, 0.4) is 0 Å². The first-order valence-electron chi connectivity index (χ1n) is 31.8. The molecule has 0 aromatic carbocycles. The molecule has 4 saturated carbocycles. The molecule has 0 amide bonds. The Bertz CT molecular complexity index is 1770. The van der Waals surface area contributed by atoms with Gasteiger partial charge in [-0.15, -0.1) is 0 Å². The molecule has 4 aliphatic heterocycles. The minimum absolute atomic E-state index is 0.101. The number of anilines is 2. The zero-order chi connectivity index (χ0) is 55.6. The molecule has 440 valence electrons. The van der Waals surface area contributed by atoms with E-state index in [9.17, 15) is 0 Å². The minimum atomic E-state index is -0.265. The van der Waals surface area contributed by atoms with Crippen LogP contribution in [0, 0.1) is 0 Å². The van der Waals surface area contributed by atoms with E-state index in [4.69, 9.17) is 45.9 Å². The van der Waals surface area contributed by atoms with Crippen molar-refractivity contribution >= 4 is 23.5 Å². The van der Waals surface area contributed by atoms with Crippen LogP contribution in [-0.2, 0) is 19.4 Å². The maximum Gasteiger partial charge on any atom is 0.231 e. The molecule has 1 aromatic heterocycles. The van der Waals surface area contributed by atoms with Crippen molar-refractivity contribution in [1.29, 1.82) is 0 Å².